The first kappa shape index (κ1) is 55.4. The summed E-state index contributed by atoms with van der Waals surface area (Å²) in [7, 11) is 0. The maximum absolute atomic E-state index is 12.7. The third-order valence-electron chi connectivity index (χ3n) is 10.6. The molecule has 0 saturated heterocycles. The molecule has 0 amide bonds. The third-order valence-corrected chi connectivity index (χ3v) is 10.6. The molecule has 0 fully saturated rings. The Morgan fingerprint density at radius 2 is 0.672 bits per heavy atom. The summed E-state index contributed by atoms with van der Waals surface area (Å²) in [6, 6.07) is 0. The number of hydrogen-bond donors (Lipinski definition) is 0. The lowest BCUT2D eigenvalue weighted by Crippen LogP contribution is -2.30. The molecule has 58 heavy (non-hydrogen) atoms. The fourth-order valence-corrected chi connectivity index (χ4v) is 6.90. The molecule has 0 aromatic rings. The fraction of sp³-hybridized carbons (Fsp3) is 0.788. The average molecular weight is 813 g/mol. The second kappa shape index (κ2) is 47.1. The van der Waals surface area contributed by atoms with E-state index < -0.39 is 6.10 Å². The van der Waals surface area contributed by atoms with Gasteiger partial charge in [0, 0.05) is 19.3 Å². The maximum Gasteiger partial charge on any atom is 0.306 e. The molecule has 0 aliphatic heterocycles. The van der Waals surface area contributed by atoms with Crippen LogP contribution in [0.4, 0.5) is 0 Å². The zero-order valence-electron chi connectivity index (χ0n) is 38.3. The molecule has 0 bridgehead atoms. The summed E-state index contributed by atoms with van der Waals surface area (Å²) >= 11 is 0. The fourth-order valence-electron chi connectivity index (χ4n) is 6.90. The van der Waals surface area contributed by atoms with E-state index in [1.165, 1.54) is 109 Å². The second-order valence-corrected chi connectivity index (χ2v) is 16.4. The van der Waals surface area contributed by atoms with Gasteiger partial charge in [-0.2, -0.15) is 0 Å². The van der Waals surface area contributed by atoms with Crippen LogP contribution in [0.25, 0.3) is 0 Å². The van der Waals surface area contributed by atoms with Gasteiger partial charge in [0.05, 0.1) is 0 Å². The van der Waals surface area contributed by atoms with Crippen LogP contribution in [-0.4, -0.2) is 37.2 Å². The van der Waals surface area contributed by atoms with Gasteiger partial charge in [-0.3, -0.25) is 14.4 Å². The summed E-state index contributed by atoms with van der Waals surface area (Å²) in [4.78, 5) is 37.8. The van der Waals surface area contributed by atoms with Crippen molar-refractivity contribution in [3.05, 3.63) is 48.6 Å². The molecule has 1 atom stereocenters. The minimum absolute atomic E-state index is 0.0777. The zero-order chi connectivity index (χ0) is 42.3. The Bertz CT molecular complexity index is 1030. The molecule has 0 N–H and O–H groups in total. The van der Waals surface area contributed by atoms with Crippen LogP contribution in [0, 0.1) is 0 Å². The van der Waals surface area contributed by atoms with Gasteiger partial charge in [-0.25, -0.2) is 0 Å². The standard InChI is InChI=1S/C52H92O6/c1-4-7-10-13-16-19-22-24-25-26-27-28-31-33-36-39-42-45-51(54)57-48-49(58-52(55)46-43-40-37-34-29-21-18-15-12-9-6-3)47-56-50(53)44-41-38-35-32-30-23-20-17-14-11-8-5-2/h7,10,16,19,24-25,27-28,49H,4-6,8-9,11-15,17-18,20-23,26,29-48H2,1-3H3/b10-7-,19-16-,25-24-,28-27-/t49-/m0/s1. The Hall–Kier alpha value is -2.63. The van der Waals surface area contributed by atoms with E-state index >= 15 is 0 Å². The monoisotopic (exact) mass is 813 g/mol. The molecule has 0 spiro atoms. The topological polar surface area (TPSA) is 78.9 Å². The lowest BCUT2D eigenvalue weighted by atomic mass is 10.0. The van der Waals surface area contributed by atoms with Gasteiger partial charge in [-0.1, -0.05) is 217 Å². The molecule has 6 heteroatoms. The Morgan fingerprint density at radius 3 is 1.05 bits per heavy atom. The third kappa shape index (κ3) is 44.5. The van der Waals surface area contributed by atoms with Gasteiger partial charge in [0.15, 0.2) is 6.10 Å². The van der Waals surface area contributed by atoms with Crippen molar-refractivity contribution in [2.75, 3.05) is 13.2 Å². The molecule has 0 aliphatic rings. The summed E-state index contributed by atoms with van der Waals surface area (Å²) in [5.41, 5.74) is 0. The molecule has 0 rings (SSSR count). The number of unbranched alkanes of at least 4 members (excludes halogenated alkanes) is 25. The van der Waals surface area contributed by atoms with E-state index in [2.05, 4.69) is 69.4 Å². The lowest BCUT2D eigenvalue weighted by Gasteiger charge is -2.18. The smallest absolute Gasteiger partial charge is 0.306 e. The molecule has 0 aromatic heterocycles. The Morgan fingerprint density at radius 1 is 0.362 bits per heavy atom. The van der Waals surface area contributed by atoms with Gasteiger partial charge >= 0.3 is 17.9 Å². The van der Waals surface area contributed by atoms with Crippen molar-refractivity contribution in [2.45, 2.75) is 252 Å². The van der Waals surface area contributed by atoms with E-state index in [1.807, 2.05) is 0 Å². The van der Waals surface area contributed by atoms with Crippen LogP contribution in [0.5, 0.6) is 0 Å². The molecular formula is C52H92O6. The minimum atomic E-state index is -0.777. The molecule has 0 saturated carbocycles. The molecule has 6 nitrogen and oxygen atoms in total. The number of rotatable bonds is 44. The van der Waals surface area contributed by atoms with Gasteiger partial charge in [0.1, 0.15) is 13.2 Å². The van der Waals surface area contributed by atoms with Crippen molar-refractivity contribution in [3.8, 4) is 0 Å². The summed E-state index contributed by atoms with van der Waals surface area (Å²) in [6.45, 7) is 6.50. The summed E-state index contributed by atoms with van der Waals surface area (Å²) < 4.78 is 16.7. The van der Waals surface area contributed by atoms with E-state index in [9.17, 15) is 14.4 Å². The summed E-state index contributed by atoms with van der Waals surface area (Å²) in [6.07, 6.45) is 55.2. The molecular weight excluding hydrogens is 721 g/mol. The number of hydrogen-bond acceptors (Lipinski definition) is 6. The Labute approximate surface area is 358 Å². The van der Waals surface area contributed by atoms with E-state index in [-0.39, 0.29) is 31.1 Å². The molecule has 0 radical (unpaired) electrons. The molecule has 0 heterocycles. The predicted octanol–water partition coefficient (Wildman–Crippen LogP) is 15.9. The number of carbonyl (C=O) groups is 3. The number of esters is 3. The van der Waals surface area contributed by atoms with E-state index in [0.717, 1.165) is 96.3 Å². The quantitative estimate of drug-likeness (QED) is 0.0264. The van der Waals surface area contributed by atoms with Crippen molar-refractivity contribution in [3.63, 3.8) is 0 Å². The van der Waals surface area contributed by atoms with Gasteiger partial charge in [0.25, 0.3) is 0 Å². The van der Waals surface area contributed by atoms with Crippen LogP contribution < -0.4 is 0 Å². The minimum Gasteiger partial charge on any atom is -0.462 e. The van der Waals surface area contributed by atoms with Gasteiger partial charge in [0.2, 0.25) is 0 Å². The average Bonchev–Trinajstić information content (AvgIpc) is 3.22. The van der Waals surface area contributed by atoms with Crippen molar-refractivity contribution < 1.29 is 28.6 Å². The zero-order valence-corrected chi connectivity index (χ0v) is 38.3. The van der Waals surface area contributed by atoms with Crippen molar-refractivity contribution in [1.29, 1.82) is 0 Å². The van der Waals surface area contributed by atoms with Crippen LogP contribution in [0.1, 0.15) is 245 Å². The van der Waals surface area contributed by atoms with Crippen LogP contribution in [0.3, 0.4) is 0 Å². The Balaban J connectivity index is 4.38. The first-order valence-corrected chi connectivity index (χ1v) is 24.6. The normalized spacial score (nSPS) is 12.4. The van der Waals surface area contributed by atoms with Gasteiger partial charge in [-0.05, 0) is 57.8 Å². The molecule has 336 valence electrons. The van der Waals surface area contributed by atoms with E-state index in [0.29, 0.717) is 19.3 Å². The van der Waals surface area contributed by atoms with Crippen molar-refractivity contribution in [2.24, 2.45) is 0 Å². The first-order valence-electron chi connectivity index (χ1n) is 24.6. The van der Waals surface area contributed by atoms with Gasteiger partial charge in [-0.15, -0.1) is 0 Å². The highest BCUT2D eigenvalue weighted by Crippen LogP contribution is 2.15. The highest BCUT2D eigenvalue weighted by atomic mass is 16.6. The van der Waals surface area contributed by atoms with Crippen molar-refractivity contribution in [1.82, 2.24) is 0 Å². The summed E-state index contributed by atoms with van der Waals surface area (Å²) in [5, 5.41) is 0. The lowest BCUT2D eigenvalue weighted by molar-refractivity contribution is -0.167. The summed E-state index contributed by atoms with van der Waals surface area (Å²) in [5.74, 6) is -0.898. The Kier molecular flexibility index (Phi) is 44.9. The molecule has 0 aromatic carbocycles. The van der Waals surface area contributed by atoms with Crippen LogP contribution in [0.2, 0.25) is 0 Å². The highest BCUT2D eigenvalue weighted by molar-refractivity contribution is 5.71. The van der Waals surface area contributed by atoms with Gasteiger partial charge < -0.3 is 14.2 Å². The highest BCUT2D eigenvalue weighted by Gasteiger charge is 2.19. The van der Waals surface area contributed by atoms with Crippen LogP contribution >= 0.6 is 0 Å². The molecule has 0 unspecified atom stereocenters. The SMILES string of the molecule is CC/C=C\C/C=C\C/C=C\C/C=C\CCCCCCC(=O)OC[C@H](COC(=O)CCCCCCCCCCCCCC)OC(=O)CCCCCCCCCCCCC. The number of allylic oxidation sites excluding steroid dienone is 8. The van der Waals surface area contributed by atoms with Crippen LogP contribution in [0.15, 0.2) is 48.6 Å². The maximum atomic E-state index is 12.7. The molecule has 0 aliphatic carbocycles. The van der Waals surface area contributed by atoms with Crippen LogP contribution in [-0.2, 0) is 28.6 Å². The predicted molar refractivity (Wildman–Crippen MR) is 247 cm³/mol. The second-order valence-electron chi connectivity index (χ2n) is 16.4. The van der Waals surface area contributed by atoms with E-state index in [1.54, 1.807) is 0 Å². The number of ether oxygens (including phenoxy) is 3. The van der Waals surface area contributed by atoms with E-state index in [4.69, 9.17) is 14.2 Å². The number of carbonyl (C=O) groups excluding carboxylic acids is 3. The first-order chi connectivity index (χ1) is 28.5. The largest absolute Gasteiger partial charge is 0.462 e. The van der Waals surface area contributed by atoms with Crippen molar-refractivity contribution >= 4 is 17.9 Å².